The largest absolute Gasteiger partial charge is 0.340 e. The van der Waals surface area contributed by atoms with Crippen molar-refractivity contribution in [2.24, 2.45) is 0 Å². The molecule has 1 aromatic carbocycles. The fourth-order valence-corrected chi connectivity index (χ4v) is 4.04. The molecule has 31 heavy (non-hydrogen) atoms. The van der Waals surface area contributed by atoms with Crippen molar-refractivity contribution >= 4 is 17.5 Å². The third-order valence-corrected chi connectivity index (χ3v) is 6.00. The van der Waals surface area contributed by atoms with Gasteiger partial charge in [0.05, 0.1) is 6.54 Å². The molecule has 0 bridgehead atoms. The molecular weight excluding hydrogens is 414 g/mol. The van der Waals surface area contributed by atoms with Crippen molar-refractivity contribution < 1.29 is 4.79 Å². The molecule has 3 heterocycles. The van der Waals surface area contributed by atoms with Gasteiger partial charge in [0.15, 0.2) is 0 Å². The maximum atomic E-state index is 13.1. The highest BCUT2D eigenvalue weighted by atomic mass is 35.5. The summed E-state index contributed by atoms with van der Waals surface area (Å²) < 4.78 is 1.67. The summed E-state index contributed by atoms with van der Waals surface area (Å²) in [5.41, 5.74) is 2.35. The Bertz CT molecular complexity index is 942. The van der Waals surface area contributed by atoms with Crippen LogP contribution in [-0.4, -0.2) is 73.6 Å². The monoisotopic (exact) mass is 439 g/mol. The number of pyridine rings is 1. The van der Waals surface area contributed by atoms with Gasteiger partial charge < -0.3 is 4.90 Å². The Hall–Kier alpha value is -2.84. The normalized spacial score (nSPS) is 15.7. The van der Waals surface area contributed by atoms with Crippen molar-refractivity contribution in [3.8, 4) is 0 Å². The standard InChI is InChI=1S/C22H26ClN7O/c23-21-3-1-19(2-4-21)20(16-30-17-25-26-27-30)15-22(31)29-13-11-28(12-14-29)10-7-18-5-8-24-9-6-18/h1-6,8-9,17,20H,7,10-16H2/t20-/m0/s1. The summed E-state index contributed by atoms with van der Waals surface area (Å²) in [7, 11) is 0. The number of piperazine rings is 1. The average molecular weight is 440 g/mol. The van der Waals surface area contributed by atoms with Crippen LogP contribution in [0.25, 0.3) is 0 Å². The minimum absolute atomic E-state index is 0.0158. The van der Waals surface area contributed by atoms with Gasteiger partial charge in [0.2, 0.25) is 5.91 Å². The van der Waals surface area contributed by atoms with Crippen molar-refractivity contribution in [1.82, 2.24) is 35.0 Å². The maximum absolute atomic E-state index is 13.1. The quantitative estimate of drug-likeness (QED) is 0.535. The van der Waals surface area contributed by atoms with Gasteiger partial charge in [-0.2, -0.15) is 0 Å². The van der Waals surface area contributed by atoms with Crippen LogP contribution in [0, 0.1) is 0 Å². The van der Waals surface area contributed by atoms with Gasteiger partial charge in [0.25, 0.3) is 0 Å². The molecule has 0 spiro atoms. The van der Waals surface area contributed by atoms with E-state index in [9.17, 15) is 4.79 Å². The molecule has 1 aliphatic heterocycles. The van der Waals surface area contributed by atoms with Crippen LogP contribution in [0.1, 0.15) is 23.5 Å². The number of benzene rings is 1. The summed E-state index contributed by atoms with van der Waals surface area (Å²) in [6, 6.07) is 11.8. The molecule has 1 saturated heterocycles. The Labute approximate surface area is 186 Å². The molecule has 0 N–H and O–H groups in total. The van der Waals surface area contributed by atoms with Crippen LogP contribution in [-0.2, 0) is 17.8 Å². The number of carbonyl (C=O) groups is 1. The molecule has 8 nitrogen and oxygen atoms in total. The highest BCUT2D eigenvalue weighted by Gasteiger charge is 2.25. The molecule has 0 radical (unpaired) electrons. The first-order valence-electron chi connectivity index (χ1n) is 10.5. The van der Waals surface area contributed by atoms with E-state index >= 15 is 0 Å². The van der Waals surface area contributed by atoms with Crippen LogP contribution in [0.4, 0.5) is 0 Å². The van der Waals surface area contributed by atoms with Crippen molar-refractivity contribution in [3.63, 3.8) is 0 Å². The Morgan fingerprint density at radius 1 is 1.03 bits per heavy atom. The molecular formula is C22H26ClN7O. The summed E-state index contributed by atoms with van der Waals surface area (Å²) in [6.07, 6.45) is 6.66. The summed E-state index contributed by atoms with van der Waals surface area (Å²) >= 11 is 6.04. The summed E-state index contributed by atoms with van der Waals surface area (Å²) in [4.78, 5) is 21.5. The van der Waals surface area contributed by atoms with E-state index in [4.69, 9.17) is 11.6 Å². The minimum Gasteiger partial charge on any atom is -0.340 e. The van der Waals surface area contributed by atoms with E-state index in [0.29, 0.717) is 18.0 Å². The zero-order valence-corrected chi connectivity index (χ0v) is 18.1. The Morgan fingerprint density at radius 3 is 2.45 bits per heavy atom. The first kappa shape index (κ1) is 21.4. The number of aromatic nitrogens is 5. The maximum Gasteiger partial charge on any atom is 0.223 e. The van der Waals surface area contributed by atoms with E-state index in [2.05, 4.69) is 37.5 Å². The van der Waals surface area contributed by atoms with Gasteiger partial charge >= 0.3 is 0 Å². The lowest BCUT2D eigenvalue weighted by Crippen LogP contribution is -2.49. The predicted molar refractivity (Wildman–Crippen MR) is 118 cm³/mol. The molecule has 1 atom stereocenters. The molecule has 0 saturated carbocycles. The average Bonchev–Trinajstić information content (AvgIpc) is 3.32. The van der Waals surface area contributed by atoms with E-state index in [-0.39, 0.29) is 11.8 Å². The van der Waals surface area contributed by atoms with Crippen molar-refractivity contribution in [1.29, 1.82) is 0 Å². The van der Waals surface area contributed by atoms with Crippen LogP contribution in [0.15, 0.2) is 55.1 Å². The van der Waals surface area contributed by atoms with E-state index < -0.39 is 0 Å². The van der Waals surface area contributed by atoms with Gasteiger partial charge in [-0.1, -0.05) is 23.7 Å². The minimum atomic E-state index is -0.0158. The lowest BCUT2D eigenvalue weighted by atomic mass is 9.95. The van der Waals surface area contributed by atoms with E-state index in [0.717, 1.165) is 44.7 Å². The number of hydrogen-bond donors (Lipinski definition) is 0. The van der Waals surface area contributed by atoms with Gasteiger partial charge in [-0.15, -0.1) is 5.10 Å². The molecule has 9 heteroatoms. The second-order valence-electron chi connectivity index (χ2n) is 7.81. The van der Waals surface area contributed by atoms with Gasteiger partial charge in [0.1, 0.15) is 6.33 Å². The van der Waals surface area contributed by atoms with Crippen LogP contribution in [0.5, 0.6) is 0 Å². The van der Waals surface area contributed by atoms with Crippen LogP contribution < -0.4 is 0 Å². The van der Waals surface area contributed by atoms with Gasteiger partial charge in [-0.05, 0) is 52.2 Å². The predicted octanol–water partition coefficient (Wildman–Crippen LogP) is 2.28. The Morgan fingerprint density at radius 2 is 1.77 bits per heavy atom. The number of carbonyl (C=O) groups excluding carboxylic acids is 1. The van der Waals surface area contributed by atoms with Crippen LogP contribution >= 0.6 is 11.6 Å². The molecule has 4 rings (SSSR count). The summed E-state index contributed by atoms with van der Waals surface area (Å²) in [5, 5.41) is 12.1. The van der Waals surface area contributed by atoms with Crippen LogP contribution in [0.3, 0.4) is 0 Å². The van der Waals surface area contributed by atoms with E-state index in [1.165, 1.54) is 5.56 Å². The topological polar surface area (TPSA) is 80.0 Å². The van der Waals surface area contributed by atoms with Crippen LogP contribution in [0.2, 0.25) is 5.02 Å². The lowest BCUT2D eigenvalue weighted by Gasteiger charge is -2.35. The Kier molecular flexibility index (Phi) is 7.22. The fraction of sp³-hybridized carbons (Fsp3) is 0.409. The first-order valence-corrected chi connectivity index (χ1v) is 10.9. The highest BCUT2D eigenvalue weighted by molar-refractivity contribution is 6.30. The van der Waals surface area contributed by atoms with E-state index in [1.54, 1.807) is 11.0 Å². The van der Waals surface area contributed by atoms with Crippen molar-refractivity contribution in [3.05, 3.63) is 71.3 Å². The van der Waals surface area contributed by atoms with Crippen molar-refractivity contribution in [2.45, 2.75) is 25.3 Å². The third-order valence-electron chi connectivity index (χ3n) is 5.75. The van der Waals surface area contributed by atoms with Gasteiger partial charge in [-0.25, -0.2) is 4.68 Å². The molecule has 1 fully saturated rings. The number of hydrogen-bond acceptors (Lipinski definition) is 6. The molecule has 0 unspecified atom stereocenters. The lowest BCUT2D eigenvalue weighted by molar-refractivity contribution is -0.133. The molecule has 2 aromatic heterocycles. The molecule has 162 valence electrons. The SMILES string of the molecule is O=C(C[C@@H](Cn1cnnn1)c1ccc(Cl)cc1)N1CCN(CCc2ccncc2)CC1. The van der Waals surface area contributed by atoms with Gasteiger partial charge in [0, 0.05) is 62.5 Å². The van der Waals surface area contributed by atoms with Crippen molar-refractivity contribution in [2.75, 3.05) is 32.7 Å². The second kappa shape index (κ2) is 10.5. The number of amides is 1. The molecule has 3 aromatic rings. The molecule has 1 amide bonds. The first-order chi connectivity index (χ1) is 15.2. The zero-order chi connectivity index (χ0) is 21.5. The molecule has 0 aliphatic carbocycles. The smallest absolute Gasteiger partial charge is 0.223 e. The van der Waals surface area contributed by atoms with E-state index in [1.807, 2.05) is 41.6 Å². The highest BCUT2D eigenvalue weighted by Crippen LogP contribution is 2.24. The number of tetrazole rings is 1. The summed E-state index contributed by atoms with van der Waals surface area (Å²) in [6.45, 7) is 4.86. The zero-order valence-electron chi connectivity index (χ0n) is 17.3. The number of halogens is 1. The molecule has 1 aliphatic rings. The summed E-state index contributed by atoms with van der Waals surface area (Å²) in [5.74, 6) is 0.153. The Balaban J connectivity index is 1.31. The second-order valence-corrected chi connectivity index (χ2v) is 8.25. The number of rotatable bonds is 8. The fourth-order valence-electron chi connectivity index (χ4n) is 3.91. The third kappa shape index (κ3) is 6.08. The number of nitrogens with zero attached hydrogens (tertiary/aromatic N) is 7. The van der Waals surface area contributed by atoms with Gasteiger partial charge in [-0.3, -0.25) is 14.7 Å².